The van der Waals surface area contributed by atoms with Crippen molar-refractivity contribution in [3.05, 3.63) is 28.8 Å². The average molecular weight is 274 g/mol. The van der Waals surface area contributed by atoms with Crippen molar-refractivity contribution < 1.29 is 9.59 Å². The van der Waals surface area contributed by atoms with E-state index >= 15 is 0 Å². The topological polar surface area (TPSA) is 58.2 Å². The van der Waals surface area contributed by atoms with Gasteiger partial charge in [-0.05, 0) is 50.7 Å². The van der Waals surface area contributed by atoms with E-state index in [-0.39, 0.29) is 0 Å². The Morgan fingerprint density at radius 3 is 2.20 bits per heavy atom. The summed E-state index contributed by atoms with van der Waals surface area (Å²) in [4.78, 5) is 23.7. The van der Waals surface area contributed by atoms with Crippen LogP contribution in [0.1, 0.15) is 36.0 Å². The second-order valence-electron chi connectivity index (χ2n) is 5.73. The first-order chi connectivity index (χ1) is 9.47. The number of hydrogen-bond donors (Lipinski definition) is 2. The van der Waals surface area contributed by atoms with E-state index in [2.05, 4.69) is 10.6 Å². The van der Waals surface area contributed by atoms with Crippen molar-refractivity contribution in [3.63, 3.8) is 0 Å². The molecule has 1 fully saturated rings. The second kappa shape index (κ2) is 6.07. The van der Waals surface area contributed by atoms with Gasteiger partial charge in [-0.1, -0.05) is 24.1 Å². The molecule has 20 heavy (non-hydrogen) atoms. The van der Waals surface area contributed by atoms with Crippen LogP contribution in [-0.4, -0.2) is 18.4 Å². The van der Waals surface area contributed by atoms with Crippen LogP contribution in [0.5, 0.6) is 0 Å². The van der Waals surface area contributed by atoms with E-state index in [1.165, 1.54) is 6.42 Å². The summed E-state index contributed by atoms with van der Waals surface area (Å²) < 4.78 is 0. The van der Waals surface area contributed by atoms with E-state index in [1.54, 1.807) is 0 Å². The summed E-state index contributed by atoms with van der Waals surface area (Å²) in [5.41, 5.74) is 3.83. The average Bonchev–Trinajstić information content (AvgIpc) is 2.31. The van der Waals surface area contributed by atoms with Crippen molar-refractivity contribution in [2.45, 2.75) is 40.0 Å². The summed E-state index contributed by atoms with van der Waals surface area (Å²) in [6.07, 6.45) is 3.53. The highest BCUT2D eigenvalue weighted by atomic mass is 16.2. The van der Waals surface area contributed by atoms with E-state index in [0.717, 1.165) is 35.2 Å². The number of benzene rings is 1. The summed E-state index contributed by atoms with van der Waals surface area (Å²) >= 11 is 0. The van der Waals surface area contributed by atoms with Crippen molar-refractivity contribution in [2.24, 2.45) is 5.92 Å². The molecular formula is C16H22N2O2. The fourth-order valence-corrected chi connectivity index (χ4v) is 2.56. The first-order valence-corrected chi connectivity index (χ1v) is 7.14. The van der Waals surface area contributed by atoms with Crippen LogP contribution < -0.4 is 10.6 Å². The highest BCUT2D eigenvalue weighted by Gasteiger charge is 2.21. The van der Waals surface area contributed by atoms with Crippen LogP contribution in [0.15, 0.2) is 12.1 Å². The summed E-state index contributed by atoms with van der Waals surface area (Å²) in [5, 5.41) is 5.42. The van der Waals surface area contributed by atoms with E-state index in [1.807, 2.05) is 32.9 Å². The smallest absolute Gasteiger partial charge is 0.313 e. The van der Waals surface area contributed by atoms with E-state index < -0.39 is 11.8 Å². The molecule has 108 valence electrons. The quantitative estimate of drug-likeness (QED) is 0.832. The molecule has 4 nitrogen and oxygen atoms in total. The minimum atomic E-state index is -0.584. The van der Waals surface area contributed by atoms with Gasteiger partial charge in [-0.15, -0.1) is 0 Å². The Kier molecular flexibility index (Phi) is 4.42. The second-order valence-corrected chi connectivity index (χ2v) is 5.73. The van der Waals surface area contributed by atoms with Gasteiger partial charge in [0, 0.05) is 12.2 Å². The van der Waals surface area contributed by atoms with Gasteiger partial charge < -0.3 is 10.6 Å². The lowest BCUT2D eigenvalue weighted by Crippen LogP contribution is -2.39. The number of rotatable bonds is 3. The van der Waals surface area contributed by atoms with Gasteiger partial charge in [0.2, 0.25) is 0 Å². The van der Waals surface area contributed by atoms with Crippen LogP contribution in [0.25, 0.3) is 0 Å². The van der Waals surface area contributed by atoms with Crippen molar-refractivity contribution >= 4 is 17.5 Å². The van der Waals surface area contributed by atoms with Gasteiger partial charge >= 0.3 is 11.8 Å². The maximum Gasteiger partial charge on any atom is 0.313 e. The van der Waals surface area contributed by atoms with Gasteiger partial charge in [0.15, 0.2) is 0 Å². The minimum Gasteiger partial charge on any atom is -0.348 e. The summed E-state index contributed by atoms with van der Waals surface area (Å²) in [5.74, 6) is -0.578. The molecule has 1 aliphatic carbocycles. The van der Waals surface area contributed by atoms with Crippen LogP contribution >= 0.6 is 0 Å². The lowest BCUT2D eigenvalue weighted by Gasteiger charge is -2.25. The SMILES string of the molecule is Cc1cc(C)c(NC(=O)C(=O)NCC2CCC2)c(C)c1. The van der Waals surface area contributed by atoms with Gasteiger partial charge in [-0.25, -0.2) is 0 Å². The number of carbonyl (C=O) groups is 2. The Morgan fingerprint density at radius 2 is 1.70 bits per heavy atom. The third-order valence-electron chi connectivity index (χ3n) is 3.90. The van der Waals surface area contributed by atoms with Crippen LogP contribution in [0.3, 0.4) is 0 Å². The predicted octanol–water partition coefficient (Wildman–Crippen LogP) is 2.47. The monoisotopic (exact) mass is 274 g/mol. The normalized spacial score (nSPS) is 14.6. The maximum absolute atomic E-state index is 11.9. The molecule has 1 aromatic carbocycles. The van der Waals surface area contributed by atoms with Gasteiger partial charge in [0.1, 0.15) is 0 Å². The molecule has 0 bridgehead atoms. The molecule has 1 saturated carbocycles. The van der Waals surface area contributed by atoms with Gasteiger partial charge in [0.05, 0.1) is 0 Å². The third kappa shape index (κ3) is 3.38. The first-order valence-electron chi connectivity index (χ1n) is 7.14. The molecule has 0 heterocycles. The summed E-state index contributed by atoms with van der Waals surface area (Å²) in [7, 11) is 0. The minimum absolute atomic E-state index is 0.545. The molecule has 0 radical (unpaired) electrons. The van der Waals surface area contributed by atoms with Gasteiger partial charge in [-0.2, -0.15) is 0 Å². The van der Waals surface area contributed by atoms with Gasteiger partial charge in [-0.3, -0.25) is 9.59 Å². The Labute approximate surface area is 119 Å². The molecule has 0 aliphatic heterocycles. The molecule has 0 spiro atoms. The lowest BCUT2D eigenvalue weighted by atomic mass is 9.85. The zero-order valence-electron chi connectivity index (χ0n) is 12.4. The largest absolute Gasteiger partial charge is 0.348 e. The fourth-order valence-electron chi connectivity index (χ4n) is 2.56. The lowest BCUT2D eigenvalue weighted by molar-refractivity contribution is -0.136. The summed E-state index contributed by atoms with van der Waals surface area (Å²) in [6.45, 7) is 6.48. The van der Waals surface area contributed by atoms with Gasteiger partial charge in [0.25, 0.3) is 0 Å². The Hall–Kier alpha value is -1.84. The highest BCUT2D eigenvalue weighted by Crippen LogP contribution is 2.25. The van der Waals surface area contributed by atoms with Crippen molar-refractivity contribution in [1.29, 1.82) is 0 Å². The number of aryl methyl sites for hydroxylation is 3. The molecule has 1 aromatic rings. The molecule has 2 N–H and O–H groups in total. The Bertz CT molecular complexity index is 510. The van der Waals surface area contributed by atoms with E-state index in [0.29, 0.717) is 12.5 Å². The van der Waals surface area contributed by atoms with Crippen LogP contribution in [0.2, 0.25) is 0 Å². The molecule has 0 atom stereocenters. The van der Waals surface area contributed by atoms with E-state index in [4.69, 9.17) is 0 Å². The molecule has 4 heteroatoms. The number of hydrogen-bond acceptors (Lipinski definition) is 2. The number of anilines is 1. The van der Waals surface area contributed by atoms with Crippen LogP contribution in [0.4, 0.5) is 5.69 Å². The molecule has 0 unspecified atom stereocenters. The molecule has 0 aromatic heterocycles. The Balaban J connectivity index is 1.94. The van der Waals surface area contributed by atoms with Crippen LogP contribution in [-0.2, 0) is 9.59 Å². The van der Waals surface area contributed by atoms with Crippen molar-refractivity contribution in [2.75, 3.05) is 11.9 Å². The van der Waals surface area contributed by atoms with Crippen molar-refractivity contribution in [3.8, 4) is 0 Å². The zero-order chi connectivity index (χ0) is 14.7. The molecule has 0 saturated heterocycles. The third-order valence-corrected chi connectivity index (χ3v) is 3.90. The molecule has 2 amide bonds. The van der Waals surface area contributed by atoms with Crippen LogP contribution in [0, 0.1) is 26.7 Å². The molecular weight excluding hydrogens is 252 g/mol. The van der Waals surface area contributed by atoms with Crippen molar-refractivity contribution in [1.82, 2.24) is 5.32 Å². The predicted molar refractivity (Wildman–Crippen MR) is 79.6 cm³/mol. The number of carbonyl (C=O) groups excluding carboxylic acids is 2. The Morgan fingerprint density at radius 1 is 1.10 bits per heavy atom. The first kappa shape index (κ1) is 14.6. The number of amides is 2. The molecule has 1 aliphatic rings. The fraction of sp³-hybridized carbons (Fsp3) is 0.500. The summed E-state index contributed by atoms with van der Waals surface area (Å²) in [6, 6.07) is 3.99. The zero-order valence-corrected chi connectivity index (χ0v) is 12.4. The van der Waals surface area contributed by atoms with E-state index in [9.17, 15) is 9.59 Å². The number of nitrogens with one attached hydrogen (secondary N) is 2. The highest BCUT2D eigenvalue weighted by molar-refractivity contribution is 6.39. The molecule has 2 rings (SSSR count). The maximum atomic E-state index is 11.9. The standard InChI is InChI=1S/C16H22N2O2/c1-10-7-11(2)14(12(3)8-10)18-16(20)15(19)17-9-13-5-4-6-13/h7-8,13H,4-6,9H2,1-3H3,(H,17,19)(H,18,20).